The second kappa shape index (κ2) is 3.65. The zero-order valence-corrected chi connectivity index (χ0v) is 9.44. The quantitative estimate of drug-likeness (QED) is 0.568. The van der Waals surface area contributed by atoms with Gasteiger partial charge in [-0.05, 0) is 19.4 Å². The summed E-state index contributed by atoms with van der Waals surface area (Å²) in [5.41, 5.74) is 0.497. The maximum atomic E-state index is 11.9. The van der Waals surface area contributed by atoms with Crippen molar-refractivity contribution in [1.29, 1.82) is 0 Å². The number of nitrogens with one attached hydrogen (secondary N) is 1. The van der Waals surface area contributed by atoms with Gasteiger partial charge in [0.15, 0.2) is 0 Å². The van der Waals surface area contributed by atoms with Crippen LogP contribution in [0.3, 0.4) is 0 Å². The van der Waals surface area contributed by atoms with Crippen molar-refractivity contribution >= 4 is 17.5 Å². The van der Waals surface area contributed by atoms with Crippen LogP contribution in [-0.2, 0) is 4.79 Å². The van der Waals surface area contributed by atoms with E-state index >= 15 is 0 Å². The van der Waals surface area contributed by atoms with Gasteiger partial charge >= 0.3 is 0 Å². The molecular formula is C11H15ClN2O. The van der Waals surface area contributed by atoms with Crippen LogP contribution in [0, 0.1) is 0 Å². The minimum Gasteiger partial charge on any atom is -0.337 e. The second-order valence-corrected chi connectivity index (χ2v) is 4.77. The number of likely N-dealkylation sites (tertiary alicyclic amines) is 1. The van der Waals surface area contributed by atoms with Crippen molar-refractivity contribution in [3.05, 3.63) is 23.8 Å². The maximum absolute atomic E-state index is 11.9. The normalized spacial score (nSPS) is 29.0. The maximum Gasteiger partial charge on any atom is 0.254 e. The van der Waals surface area contributed by atoms with Gasteiger partial charge in [-0.15, -0.1) is 0 Å². The molecule has 0 aromatic rings. The first-order chi connectivity index (χ1) is 7.04. The van der Waals surface area contributed by atoms with Crippen molar-refractivity contribution < 1.29 is 4.79 Å². The molecule has 82 valence electrons. The molecule has 2 aliphatic heterocycles. The molecule has 2 aliphatic rings. The molecule has 2 heterocycles. The minimum absolute atomic E-state index is 0.0828. The molecule has 2 saturated heterocycles. The predicted octanol–water partition coefficient (Wildman–Crippen LogP) is 1.26. The Morgan fingerprint density at radius 3 is 2.47 bits per heavy atom. The minimum atomic E-state index is -0.0828. The van der Waals surface area contributed by atoms with Gasteiger partial charge in [0.2, 0.25) is 0 Å². The molecule has 4 heteroatoms. The molecule has 1 amide bonds. The molecule has 0 saturated carbocycles. The van der Waals surface area contributed by atoms with Gasteiger partial charge in [-0.3, -0.25) is 4.79 Å². The predicted molar refractivity (Wildman–Crippen MR) is 60.7 cm³/mol. The van der Waals surface area contributed by atoms with Crippen LogP contribution in [0.5, 0.6) is 0 Å². The average molecular weight is 227 g/mol. The Labute approximate surface area is 94.8 Å². The molecule has 15 heavy (non-hydrogen) atoms. The zero-order valence-electron chi connectivity index (χ0n) is 8.68. The third kappa shape index (κ3) is 1.82. The first-order valence-corrected chi connectivity index (χ1v) is 5.50. The molecule has 2 fully saturated rings. The van der Waals surface area contributed by atoms with Gasteiger partial charge in [0.1, 0.15) is 0 Å². The summed E-state index contributed by atoms with van der Waals surface area (Å²) < 4.78 is 0. The highest BCUT2D eigenvalue weighted by Crippen LogP contribution is 2.31. The average Bonchev–Trinajstić information content (AvgIpc) is 2.59. The number of rotatable bonds is 2. The van der Waals surface area contributed by atoms with Crippen LogP contribution in [0.2, 0.25) is 0 Å². The summed E-state index contributed by atoms with van der Waals surface area (Å²) in [6, 6.07) is 0. The SMILES string of the molecule is C=C(Cl)C(=C)C(=O)N1CCC2(CCN2)C1. The van der Waals surface area contributed by atoms with E-state index in [1.165, 1.54) is 0 Å². The molecule has 2 rings (SSSR count). The highest BCUT2D eigenvalue weighted by molar-refractivity contribution is 6.34. The second-order valence-electron chi connectivity index (χ2n) is 4.32. The largest absolute Gasteiger partial charge is 0.337 e. The van der Waals surface area contributed by atoms with E-state index in [4.69, 9.17) is 11.6 Å². The van der Waals surface area contributed by atoms with Gasteiger partial charge in [0, 0.05) is 23.7 Å². The molecular weight excluding hydrogens is 212 g/mol. The Kier molecular flexibility index (Phi) is 2.61. The summed E-state index contributed by atoms with van der Waals surface area (Å²) in [4.78, 5) is 13.7. The van der Waals surface area contributed by atoms with Crippen molar-refractivity contribution in [2.75, 3.05) is 19.6 Å². The topological polar surface area (TPSA) is 32.3 Å². The summed E-state index contributed by atoms with van der Waals surface area (Å²) in [5, 5.41) is 3.63. The number of amides is 1. The Bertz CT molecular complexity index is 333. The molecule has 1 spiro atoms. The van der Waals surface area contributed by atoms with Gasteiger partial charge < -0.3 is 10.2 Å². The van der Waals surface area contributed by atoms with E-state index < -0.39 is 0 Å². The van der Waals surface area contributed by atoms with E-state index in [0.717, 1.165) is 32.5 Å². The fourth-order valence-electron chi connectivity index (χ4n) is 2.18. The van der Waals surface area contributed by atoms with E-state index in [0.29, 0.717) is 5.57 Å². The highest BCUT2D eigenvalue weighted by Gasteiger charge is 2.44. The Morgan fingerprint density at radius 2 is 2.07 bits per heavy atom. The fourth-order valence-corrected chi connectivity index (χ4v) is 2.26. The highest BCUT2D eigenvalue weighted by atomic mass is 35.5. The number of halogens is 1. The summed E-state index contributed by atoms with van der Waals surface area (Å²) in [5.74, 6) is -0.0828. The summed E-state index contributed by atoms with van der Waals surface area (Å²) in [6.45, 7) is 9.79. The molecule has 0 radical (unpaired) electrons. The third-order valence-electron chi connectivity index (χ3n) is 3.33. The lowest BCUT2D eigenvalue weighted by Crippen LogP contribution is -2.58. The van der Waals surface area contributed by atoms with E-state index in [9.17, 15) is 4.79 Å². The van der Waals surface area contributed by atoms with E-state index in [1.807, 2.05) is 4.90 Å². The Hall–Kier alpha value is -0.800. The van der Waals surface area contributed by atoms with Crippen molar-refractivity contribution in [2.24, 2.45) is 0 Å². The number of hydrogen-bond acceptors (Lipinski definition) is 2. The molecule has 1 unspecified atom stereocenters. The Balaban J connectivity index is 1.98. The third-order valence-corrected chi connectivity index (χ3v) is 3.56. The van der Waals surface area contributed by atoms with Gasteiger partial charge in [0.25, 0.3) is 5.91 Å². The molecule has 0 aromatic heterocycles. The van der Waals surface area contributed by atoms with E-state index in [1.54, 1.807) is 0 Å². The first-order valence-electron chi connectivity index (χ1n) is 5.12. The van der Waals surface area contributed by atoms with Crippen molar-refractivity contribution in [3.63, 3.8) is 0 Å². The van der Waals surface area contributed by atoms with Gasteiger partial charge in [-0.25, -0.2) is 0 Å². The van der Waals surface area contributed by atoms with E-state index in [2.05, 4.69) is 18.5 Å². The summed E-state index contributed by atoms with van der Waals surface area (Å²) in [7, 11) is 0. The standard InChI is InChI=1S/C11H15ClN2O/c1-8(9(2)12)10(15)14-6-4-11(7-14)3-5-13-11/h13H,1-7H2. The molecule has 1 N–H and O–H groups in total. The molecule has 1 atom stereocenters. The fraction of sp³-hybridized carbons (Fsp3) is 0.545. The molecule has 0 aliphatic carbocycles. The van der Waals surface area contributed by atoms with Crippen LogP contribution in [0.4, 0.5) is 0 Å². The number of hydrogen-bond donors (Lipinski definition) is 1. The molecule has 0 bridgehead atoms. The number of carbonyl (C=O) groups is 1. The Morgan fingerprint density at radius 1 is 1.40 bits per heavy atom. The summed E-state index contributed by atoms with van der Waals surface area (Å²) >= 11 is 5.66. The number of carbonyl (C=O) groups excluding carboxylic acids is 1. The van der Waals surface area contributed by atoms with E-state index in [-0.39, 0.29) is 16.5 Å². The first kappa shape index (κ1) is 10.7. The summed E-state index contributed by atoms with van der Waals surface area (Å²) in [6.07, 6.45) is 2.19. The van der Waals surface area contributed by atoms with Crippen LogP contribution in [0.15, 0.2) is 23.8 Å². The zero-order chi connectivity index (χ0) is 11.1. The van der Waals surface area contributed by atoms with Crippen molar-refractivity contribution in [2.45, 2.75) is 18.4 Å². The van der Waals surface area contributed by atoms with Crippen LogP contribution >= 0.6 is 11.6 Å². The number of nitrogens with zero attached hydrogens (tertiary/aromatic N) is 1. The lowest BCUT2D eigenvalue weighted by atomic mass is 9.87. The van der Waals surface area contributed by atoms with Crippen LogP contribution in [-0.4, -0.2) is 36.0 Å². The van der Waals surface area contributed by atoms with Gasteiger partial charge in [0.05, 0.1) is 5.57 Å². The van der Waals surface area contributed by atoms with Crippen molar-refractivity contribution in [1.82, 2.24) is 10.2 Å². The van der Waals surface area contributed by atoms with Crippen LogP contribution in [0.25, 0.3) is 0 Å². The van der Waals surface area contributed by atoms with Gasteiger partial charge in [-0.1, -0.05) is 24.8 Å². The lowest BCUT2D eigenvalue weighted by Gasteiger charge is -2.39. The van der Waals surface area contributed by atoms with Crippen LogP contribution in [0.1, 0.15) is 12.8 Å². The monoisotopic (exact) mass is 226 g/mol. The van der Waals surface area contributed by atoms with Gasteiger partial charge in [-0.2, -0.15) is 0 Å². The molecule has 3 nitrogen and oxygen atoms in total. The molecule has 0 aromatic carbocycles. The van der Waals surface area contributed by atoms with Crippen molar-refractivity contribution in [3.8, 4) is 0 Å². The smallest absolute Gasteiger partial charge is 0.254 e. The lowest BCUT2D eigenvalue weighted by molar-refractivity contribution is -0.126. The van der Waals surface area contributed by atoms with Crippen LogP contribution < -0.4 is 5.32 Å².